The molecule has 0 saturated carbocycles. The van der Waals surface area contributed by atoms with Crippen molar-refractivity contribution in [3.63, 3.8) is 0 Å². The third kappa shape index (κ3) is 6.76. The fraction of sp³-hybridized carbons (Fsp3) is 0.238. The number of carbonyl (C=O) groups is 1. The topological polar surface area (TPSA) is 66.9 Å². The second-order valence-electron chi connectivity index (χ2n) is 5.90. The molecule has 0 N–H and O–H groups in total. The minimum absolute atomic E-state index is 0.0790. The first-order valence-electron chi connectivity index (χ1n) is 8.86. The summed E-state index contributed by atoms with van der Waals surface area (Å²) >= 11 is 1.39. The molecule has 0 aliphatic heterocycles. The van der Waals surface area contributed by atoms with Crippen LogP contribution in [0.25, 0.3) is 0 Å². The molecule has 2 aromatic carbocycles. The number of esters is 1. The number of aromatic nitrogens is 1. The Hall–Kier alpha value is -3.13. The van der Waals surface area contributed by atoms with E-state index in [9.17, 15) is 9.18 Å². The van der Waals surface area contributed by atoms with Gasteiger partial charge in [-0.15, -0.1) is 11.3 Å². The highest BCUT2D eigenvalue weighted by Gasteiger charge is 2.10. The molecule has 1 heterocycles. The van der Waals surface area contributed by atoms with E-state index in [0.29, 0.717) is 17.2 Å². The lowest BCUT2D eigenvalue weighted by molar-refractivity contribution is -0.143. The minimum atomic E-state index is -0.375. The number of hydrogen-bond donors (Lipinski definition) is 0. The molecule has 1 aromatic heterocycles. The van der Waals surface area contributed by atoms with E-state index in [1.54, 1.807) is 48.9 Å². The van der Waals surface area contributed by atoms with Crippen molar-refractivity contribution in [3.8, 4) is 17.2 Å². The van der Waals surface area contributed by atoms with E-state index in [1.165, 1.54) is 23.5 Å². The molecule has 3 aromatic rings. The van der Waals surface area contributed by atoms with Crippen LogP contribution in [0.15, 0.2) is 53.9 Å². The normalized spacial score (nSPS) is 10.4. The first kappa shape index (κ1) is 20.6. The predicted molar refractivity (Wildman–Crippen MR) is 106 cm³/mol. The van der Waals surface area contributed by atoms with Gasteiger partial charge in [-0.3, -0.25) is 4.79 Å². The molecule has 0 spiro atoms. The SMILES string of the molecule is COc1ccc(OCCOC(=O)Cc2csc(COc3ccc(F)cc3)n2)cc1. The maximum absolute atomic E-state index is 12.9. The van der Waals surface area contributed by atoms with E-state index in [0.717, 1.165) is 10.8 Å². The Balaban J connectivity index is 1.35. The maximum atomic E-state index is 12.9. The fourth-order valence-electron chi connectivity index (χ4n) is 2.36. The third-order valence-corrected chi connectivity index (χ3v) is 4.65. The van der Waals surface area contributed by atoms with Crippen molar-refractivity contribution in [2.24, 2.45) is 0 Å². The van der Waals surface area contributed by atoms with Crippen LogP contribution < -0.4 is 14.2 Å². The Kier molecular flexibility index (Phi) is 7.40. The van der Waals surface area contributed by atoms with E-state index in [2.05, 4.69) is 4.98 Å². The number of nitrogens with zero attached hydrogens (tertiary/aromatic N) is 1. The fourth-order valence-corrected chi connectivity index (χ4v) is 3.06. The van der Waals surface area contributed by atoms with Crippen LogP contribution in [0, 0.1) is 5.82 Å². The average Bonchev–Trinajstić information content (AvgIpc) is 3.18. The summed E-state index contributed by atoms with van der Waals surface area (Å²) in [5, 5.41) is 2.51. The van der Waals surface area contributed by atoms with E-state index in [4.69, 9.17) is 18.9 Å². The highest BCUT2D eigenvalue weighted by atomic mass is 32.1. The molecule has 6 nitrogen and oxygen atoms in total. The Morgan fingerprint density at radius 1 is 0.966 bits per heavy atom. The number of thiazole rings is 1. The zero-order chi connectivity index (χ0) is 20.5. The van der Waals surface area contributed by atoms with Gasteiger partial charge in [-0.1, -0.05) is 0 Å². The van der Waals surface area contributed by atoms with Gasteiger partial charge < -0.3 is 18.9 Å². The number of methoxy groups -OCH3 is 1. The Morgan fingerprint density at radius 2 is 1.62 bits per heavy atom. The van der Waals surface area contributed by atoms with E-state index in [-0.39, 0.29) is 38.0 Å². The van der Waals surface area contributed by atoms with Gasteiger partial charge >= 0.3 is 5.97 Å². The van der Waals surface area contributed by atoms with E-state index < -0.39 is 0 Å². The van der Waals surface area contributed by atoms with Crippen LogP contribution >= 0.6 is 11.3 Å². The van der Waals surface area contributed by atoms with E-state index in [1.807, 2.05) is 0 Å². The van der Waals surface area contributed by atoms with Crippen molar-refractivity contribution in [1.82, 2.24) is 4.98 Å². The molecule has 0 radical (unpaired) electrons. The quantitative estimate of drug-likeness (QED) is 0.366. The molecule has 0 amide bonds. The third-order valence-electron chi connectivity index (χ3n) is 3.78. The van der Waals surface area contributed by atoms with Crippen molar-refractivity contribution in [2.75, 3.05) is 20.3 Å². The van der Waals surface area contributed by atoms with Crippen LogP contribution in [-0.2, 0) is 22.6 Å². The lowest BCUT2D eigenvalue weighted by Crippen LogP contribution is -2.14. The molecular weight excluding hydrogens is 397 g/mol. The zero-order valence-corrected chi connectivity index (χ0v) is 16.6. The summed E-state index contributed by atoms with van der Waals surface area (Å²) in [4.78, 5) is 16.3. The molecule has 0 aliphatic carbocycles. The van der Waals surface area contributed by atoms with Gasteiger partial charge in [0.15, 0.2) is 0 Å². The predicted octanol–water partition coefficient (Wildman–Crippen LogP) is 4.03. The number of halogens is 1. The van der Waals surface area contributed by atoms with Crippen LogP contribution in [0.5, 0.6) is 17.2 Å². The van der Waals surface area contributed by atoms with Crippen LogP contribution in [0.2, 0.25) is 0 Å². The first-order chi connectivity index (χ1) is 14.1. The Bertz CT molecular complexity index is 912. The maximum Gasteiger partial charge on any atom is 0.312 e. The molecule has 152 valence electrons. The average molecular weight is 417 g/mol. The standard InChI is InChI=1S/C21H20FNO5S/c1-25-17-6-8-18(9-7-17)26-10-11-27-21(24)12-16-14-29-20(23-16)13-28-19-4-2-15(22)3-5-19/h2-9,14H,10-13H2,1H3. The highest BCUT2D eigenvalue weighted by Crippen LogP contribution is 2.18. The van der Waals surface area contributed by atoms with Crippen molar-refractivity contribution in [2.45, 2.75) is 13.0 Å². The van der Waals surface area contributed by atoms with Crippen molar-refractivity contribution in [1.29, 1.82) is 0 Å². The number of ether oxygens (including phenoxy) is 4. The van der Waals surface area contributed by atoms with Gasteiger partial charge in [0, 0.05) is 5.38 Å². The van der Waals surface area contributed by atoms with Crippen LogP contribution in [0.1, 0.15) is 10.7 Å². The van der Waals surface area contributed by atoms with E-state index >= 15 is 0 Å². The number of benzene rings is 2. The molecular formula is C21H20FNO5S. The summed E-state index contributed by atoms with van der Waals surface area (Å²) in [5.41, 5.74) is 0.619. The van der Waals surface area contributed by atoms with Gasteiger partial charge in [0.05, 0.1) is 19.2 Å². The number of rotatable bonds is 10. The van der Waals surface area contributed by atoms with Crippen molar-refractivity contribution >= 4 is 17.3 Å². The largest absolute Gasteiger partial charge is 0.497 e. The van der Waals surface area contributed by atoms with Crippen LogP contribution in [0.4, 0.5) is 4.39 Å². The lowest BCUT2D eigenvalue weighted by atomic mass is 10.3. The second kappa shape index (κ2) is 10.4. The molecule has 0 fully saturated rings. The van der Waals surface area contributed by atoms with Gasteiger partial charge in [-0.25, -0.2) is 9.37 Å². The second-order valence-corrected chi connectivity index (χ2v) is 6.84. The van der Waals surface area contributed by atoms with Gasteiger partial charge in [-0.05, 0) is 48.5 Å². The van der Waals surface area contributed by atoms with Gasteiger partial charge in [0.1, 0.15) is 47.9 Å². The summed E-state index contributed by atoms with van der Waals surface area (Å²) in [6.45, 7) is 0.655. The molecule has 0 atom stereocenters. The Morgan fingerprint density at radius 3 is 2.34 bits per heavy atom. The van der Waals surface area contributed by atoms with Gasteiger partial charge in [0.2, 0.25) is 0 Å². The van der Waals surface area contributed by atoms with Crippen LogP contribution in [-0.4, -0.2) is 31.3 Å². The molecule has 0 aliphatic rings. The molecule has 0 unspecified atom stereocenters. The molecule has 3 rings (SSSR count). The highest BCUT2D eigenvalue weighted by molar-refractivity contribution is 7.09. The monoisotopic (exact) mass is 417 g/mol. The van der Waals surface area contributed by atoms with Crippen LogP contribution in [0.3, 0.4) is 0 Å². The summed E-state index contributed by atoms with van der Waals surface area (Å²) in [7, 11) is 1.60. The summed E-state index contributed by atoms with van der Waals surface area (Å²) in [6, 6.07) is 12.9. The summed E-state index contributed by atoms with van der Waals surface area (Å²) in [6.07, 6.45) is 0.0790. The van der Waals surface area contributed by atoms with Crippen molar-refractivity contribution < 1.29 is 28.1 Å². The Labute approximate surface area is 171 Å². The molecule has 0 saturated heterocycles. The lowest BCUT2D eigenvalue weighted by Gasteiger charge is -2.07. The summed E-state index contributed by atoms with van der Waals surface area (Å²) < 4.78 is 34.2. The van der Waals surface area contributed by atoms with Crippen molar-refractivity contribution in [3.05, 3.63) is 70.4 Å². The summed E-state index contributed by atoms with van der Waals surface area (Å²) in [5.74, 6) is 1.28. The molecule has 29 heavy (non-hydrogen) atoms. The minimum Gasteiger partial charge on any atom is -0.497 e. The van der Waals surface area contributed by atoms with Gasteiger partial charge in [0.25, 0.3) is 0 Å². The number of carbonyl (C=O) groups excluding carboxylic acids is 1. The zero-order valence-electron chi connectivity index (χ0n) is 15.8. The first-order valence-corrected chi connectivity index (χ1v) is 9.74. The molecule has 0 bridgehead atoms. The van der Waals surface area contributed by atoms with Gasteiger partial charge in [-0.2, -0.15) is 0 Å². The smallest absolute Gasteiger partial charge is 0.312 e. The number of hydrogen-bond acceptors (Lipinski definition) is 7. The molecule has 8 heteroatoms.